The van der Waals surface area contributed by atoms with Crippen LogP contribution in [0.4, 0.5) is 28.8 Å². The van der Waals surface area contributed by atoms with Gasteiger partial charge < -0.3 is 32.7 Å². The average molecular weight is 876 g/mol. The van der Waals surface area contributed by atoms with E-state index in [2.05, 4.69) is 99.4 Å². The monoisotopic (exact) mass is 874 g/mol. The van der Waals surface area contributed by atoms with Gasteiger partial charge in [-0.05, 0) is 142 Å². The Balaban J connectivity index is 0.000000174. The molecule has 0 saturated heterocycles. The van der Waals surface area contributed by atoms with Crippen molar-refractivity contribution in [1.29, 1.82) is 0 Å². The SMILES string of the molecule is C=CCN.C=CCNc1ccc2cc(Cl)ccc2n1.CCNc1ccc2nc(N)ccc2c1.CCNc1ccc2nc(NCC)ccc2c1.Clc1ccc2nc(Cl)ccc2c1. The van der Waals surface area contributed by atoms with E-state index in [9.17, 15) is 0 Å². The van der Waals surface area contributed by atoms with Crippen LogP contribution in [-0.2, 0) is 0 Å². The molecule has 0 aliphatic rings. The standard InChI is InChI=1S/C13H17N3.C12H11ClN2.C11H13N3.C9H5Cl2N.C3H7N/c1-3-14-11-6-7-12-10(9-11)5-8-13(16-12)15-4-2;1-2-7-14-12-6-3-9-8-10(13)4-5-11(9)15-12;1-2-13-9-4-5-10-8(7-9)3-6-11(12)14-10;10-7-2-3-8-6(5-7)1-4-9(11)12-8;1-2-3-4/h5-9,14H,3-4H2,1-2H3,(H,15,16);2-6,8H,1,7H2,(H,14,15);3-7,13H,2H2,1H3,(H2,12,14);1-5H;2H,1,3-4H2. The molecule has 0 saturated carbocycles. The Morgan fingerprint density at radius 3 is 1.41 bits per heavy atom. The van der Waals surface area contributed by atoms with Crippen molar-refractivity contribution in [3.05, 3.63) is 162 Å². The van der Waals surface area contributed by atoms with Crippen LogP contribution < -0.4 is 32.7 Å². The van der Waals surface area contributed by atoms with Gasteiger partial charge in [-0.3, -0.25) is 0 Å². The maximum Gasteiger partial charge on any atom is 0.129 e. The molecule has 61 heavy (non-hydrogen) atoms. The number of anilines is 5. The molecule has 316 valence electrons. The van der Waals surface area contributed by atoms with Gasteiger partial charge in [0.1, 0.15) is 22.6 Å². The number of hydrogen-bond donors (Lipinski definition) is 6. The maximum atomic E-state index is 5.89. The van der Waals surface area contributed by atoms with Gasteiger partial charge in [-0.15, -0.1) is 13.2 Å². The summed E-state index contributed by atoms with van der Waals surface area (Å²) in [5, 5.41) is 19.2. The van der Waals surface area contributed by atoms with E-state index >= 15 is 0 Å². The topological polar surface area (TPSA) is 152 Å². The first-order valence-corrected chi connectivity index (χ1v) is 21.0. The summed E-state index contributed by atoms with van der Waals surface area (Å²) in [5.74, 6) is 2.35. The van der Waals surface area contributed by atoms with Crippen molar-refractivity contribution in [2.45, 2.75) is 20.8 Å². The molecular weight excluding hydrogens is 823 g/mol. The first kappa shape index (κ1) is 47.5. The van der Waals surface area contributed by atoms with Crippen LogP contribution in [0.25, 0.3) is 43.6 Å². The molecule has 8 rings (SSSR count). The third-order valence-corrected chi connectivity index (χ3v) is 9.06. The summed E-state index contributed by atoms with van der Waals surface area (Å²) < 4.78 is 0. The van der Waals surface area contributed by atoms with Crippen molar-refractivity contribution >= 4 is 107 Å². The predicted molar refractivity (Wildman–Crippen MR) is 267 cm³/mol. The van der Waals surface area contributed by atoms with E-state index in [1.807, 2.05) is 84.9 Å². The molecule has 0 aliphatic carbocycles. The second-order valence-corrected chi connectivity index (χ2v) is 14.3. The van der Waals surface area contributed by atoms with Gasteiger partial charge in [0, 0.05) is 75.7 Å². The molecule has 0 aliphatic heterocycles. The molecule has 4 aromatic carbocycles. The number of pyridine rings is 4. The largest absolute Gasteiger partial charge is 0.385 e. The van der Waals surface area contributed by atoms with E-state index < -0.39 is 0 Å². The Morgan fingerprint density at radius 2 is 0.918 bits per heavy atom. The van der Waals surface area contributed by atoms with Crippen LogP contribution in [0.5, 0.6) is 0 Å². The van der Waals surface area contributed by atoms with Gasteiger partial charge in [-0.2, -0.15) is 0 Å². The van der Waals surface area contributed by atoms with Crippen LogP contribution in [-0.4, -0.2) is 52.7 Å². The summed E-state index contributed by atoms with van der Waals surface area (Å²) in [6.07, 6.45) is 3.45. The van der Waals surface area contributed by atoms with Crippen LogP contribution >= 0.6 is 34.8 Å². The van der Waals surface area contributed by atoms with Gasteiger partial charge in [0.15, 0.2) is 0 Å². The van der Waals surface area contributed by atoms with Gasteiger partial charge in [-0.25, -0.2) is 19.9 Å². The van der Waals surface area contributed by atoms with Gasteiger partial charge in [0.05, 0.1) is 22.1 Å². The predicted octanol–water partition coefficient (Wildman–Crippen LogP) is 12.5. The van der Waals surface area contributed by atoms with Crippen LogP contribution in [0.1, 0.15) is 20.8 Å². The Labute approximate surface area is 373 Å². The van der Waals surface area contributed by atoms with E-state index in [1.54, 1.807) is 24.3 Å². The summed E-state index contributed by atoms with van der Waals surface area (Å²) >= 11 is 17.4. The molecule has 4 aromatic heterocycles. The van der Waals surface area contributed by atoms with Gasteiger partial charge >= 0.3 is 0 Å². The van der Waals surface area contributed by atoms with E-state index in [-0.39, 0.29) is 0 Å². The second kappa shape index (κ2) is 25.5. The summed E-state index contributed by atoms with van der Waals surface area (Å²) in [7, 11) is 0. The Hall–Kier alpha value is -6.17. The molecule has 0 spiro atoms. The molecule has 0 amide bonds. The number of nitrogen functional groups attached to an aromatic ring is 1. The highest BCUT2D eigenvalue weighted by atomic mass is 35.5. The van der Waals surface area contributed by atoms with Crippen molar-refractivity contribution in [2.75, 3.05) is 59.7 Å². The first-order chi connectivity index (χ1) is 29.6. The van der Waals surface area contributed by atoms with Crippen molar-refractivity contribution < 1.29 is 0 Å². The van der Waals surface area contributed by atoms with Crippen molar-refractivity contribution in [3.63, 3.8) is 0 Å². The van der Waals surface area contributed by atoms with Crippen LogP contribution in [0, 0.1) is 0 Å². The molecule has 13 heteroatoms. The van der Waals surface area contributed by atoms with Gasteiger partial charge in [0.2, 0.25) is 0 Å². The first-order valence-electron chi connectivity index (χ1n) is 19.8. The molecule has 0 radical (unpaired) electrons. The number of nitrogens with one attached hydrogen (secondary N) is 4. The number of nitrogens with zero attached hydrogens (tertiary/aromatic N) is 4. The van der Waals surface area contributed by atoms with Crippen molar-refractivity contribution in [2.24, 2.45) is 5.73 Å². The molecule has 0 fully saturated rings. The quantitative estimate of drug-likeness (QED) is 0.0578. The fourth-order valence-corrected chi connectivity index (χ4v) is 6.13. The Bertz CT molecular complexity index is 2550. The summed E-state index contributed by atoms with van der Waals surface area (Å²) in [6.45, 7) is 17.3. The van der Waals surface area contributed by atoms with E-state index in [0.29, 0.717) is 29.1 Å². The van der Waals surface area contributed by atoms with Crippen LogP contribution in [0.3, 0.4) is 0 Å². The highest BCUT2D eigenvalue weighted by Gasteiger charge is 2.01. The molecular formula is C48H53Cl3N10. The zero-order valence-electron chi connectivity index (χ0n) is 34.7. The molecule has 8 aromatic rings. The summed E-state index contributed by atoms with van der Waals surface area (Å²) in [4.78, 5) is 17.3. The number of halogens is 3. The number of rotatable bonds is 10. The number of benzene rings is 4. The average Bonchev–Trinajstić information content (AvgIpc) is 3.27. The molecule has 0 unspecified atom stereocenters. The minimum absolute atomic E-state index is 0.504. The number of aromatic nitrogens is 4. The fourth-order valence-electron chi connectivity index (χ4n) is 5.62. The molecule has 10 nitrogen and oxygen atoms in total. The van der Waals surface area contributed by atoms with E-state index in [4.69, 9.17) is 46.3 Å². The highest BCUT2D eigenvalue weighted by Crippen LogP contribution is 2.22. The van der Waals surface area contributed by atoms with E-state index in [0.717, 1.165) is 85.9 Å². The minimum Gasteiger partial charge on any atom is -0.385 e. The third kappa shape index (κ3) is 15.7. The highest BCUT2D eigenvalue weighted by molar-refractivity contribution is 6.32. The third-order valence-electron chi connectivity index (χ3n) is 8.38. The fraction of sp³-hybridized carbons (Fsp3) is 0.167. The number of nitrogens with two attached hydrogens (primary N) is 2. The molecule has 0 atom stereocenters. The van der Waals surface area contributed by atoms with Crippen molar-refractivity contribution in [1.82, 2.24) is 19.9 Å². The lowest BCUT2D eigenvalue weighted by molar-refractivity contribution is 1.17. The smallest absolute Gasteiger partial charge is 0.129 e. The van der Waals surface area contributed by atoms with Crippen LogP contribution in [0.2, 0.25) is 15.2 Å². The van der Waals surface area contributed by atoms with Crippen LogP contribution in [0.15, 0.2) is 147 Å². The zero-order valence-corrected chi connectivity index (χ0v) is 37.0. The lowest BCUT2D eigenvalue weighted by atomic mass is 10.2. The summed E-state index contributed by atoms with van der Waals surface area (Å²) in [6, 6.07) is 39.0. The second-order valence-electron chi connectivity index (χ2n) is 13.0. The lowest BCUT2D eigenvalue weighted by Gasteiger charge is -2.06. The summed E-state index contributed by atoms with van der Waals surface area (Å²) in [5.41, 5.74) is 16.5. The van der Waals surface area contributed by atoms with Gasteiger partial charge in [0.25, 0.3) is 0 Å². The normalized spacial score (nSPS) is 10.1. The number of fused-ring (bicyclic) bond motifs is 4. The molecule has 0 bridgehead atoms. The molecule has 8 N–H and O–H groups in total. The number of hydrogen-bond acceptors (Lipinski definition) is 10. The zero-order chi connectivity index (χ0) is 44.0. The van der Waals surface area contributed by atoms with Crippen molar-refractivity contribution in [3.8, 4) is 0 Å². The lowest BCUT2D eigenvalue weighted by Crippen LogP contribution is -1.99. The minimum atomic E-state index is 0.504. The van der Waals surface area contributed by atoms with Gasteiger partial charge in [-0.1, -0.05) is 47.0 Å². The van der Waals surface area contributed by atoms with E-state index in [1.165, 1.54) is 5.39 Å². The Morgan fingerprint density at radius 1 is 0.492 bits per heavy atom. The maximum absolute atomic E-state index is 5.89. The molecule has 4 heterocycles. The Kier molecular flexibility index (Phi) is 19.8.